The van der Waals surface area contributed by atoms with E-state index in [2.05, 4.69) is 20.6 Å². The van der Waals surface area contributed by atoms with Gasteiger partial charge in [0.05, 0.1) is 6.20 Å². The van der Waals surface area contributed by atoms with Gasteiger partial charge in [-0.05, 0) is 44.7 Å². The second-order valence-corrected chi connectivity index (χ2v) is 7.68. The maximum atomic E-state index is 13.0. The third kappa shape index (κ3) is 3.99. The Bertz CT molecular complexity index is 1060. The van der Waals surface area contributed by atoms with Gasteiger partial charge in [0.15, 0.2) is 5.69 Å². The number of nitrogens with one attached hydrogen (secondary N) is 2. The van der Waals surface area contributed by atoms with Crippen LogP contribution in [0.5, 0.6) is 0 Å². The number of nitrogens with zero attached hydrogens (tertiary/aromatic N) is 4. The standard InChI is InChI=1S/C20H23F3N6O/c1-12-24-10-15(28(12)2)19(30)26-14-8-6-13(7-9-14)25-17-4-3-5-18-27-16(11-29(17)18)20(21,22)23/h3-5,10-11,13-14,25H,6-9H2,1-2H3,(H,26,30)/t13-,14+. The summed E-state index contributed by atoms with van der Waals surface area (Å²) >= 11 is 0. The van der Waals surface area contributed by atoms with E-state index in [1.165, 1.54) is 4.40 Å². The van der Waals surface area contributed by atoms with Crippen molar-refractivity contribution >= 4 is 17.4 Å². The third-order valence-electron chi connectivity index (χ3n) is 5.65. The molecule has 1 aliphatic rings. The number of hydrogen-bond acceptors (Lipinski definition) is 4. The molecule has 0 bridgehead atoms. The molecule has 0 aromatic carbocycles. The van der Waals surface area contributed by atoms with Crippen molar-refractivity contribution < 1.29 is 18.0 Å². The first-order chi connectivity index (χ1) is 14.2. The van der Waals surface area contributed by atoms with Crippen molar-refractivity contribution in [2.45, 2.75) is 50.9 Å². The highest BCUT2D eigenvalue weighted by Crippen LogP contribution is 2.30. The van der Waals surface area contributed by atoms with Crippen LogP contribution in [0.15, 0.2) is 30.6 Å². The Morgan fingerprint density at radius 1 is 1.17 bits per heavy atom. The van der Waals surface area contributed by atoms with Crippen molar-refractivity contribution in [2.24, 2.45) is 7.05 Å². The number of aromatic nitrogens is 4. The Balaban J connectivity index is 1.38. The largest absolute Gasteiger partial charge is 0.434 e. The van der Waals surface area contributed by atoms with Crippen molar-refractivity contribution in [2.75, 3.05) is 5.32 Å². The van der Waals surface area contributed by atoms with Crippen LogP contribution in [-0.2, 0) is 13.2 Å². The molecule has 0 saturated heterocycles. The normalized spacial score (nSPS) is 19.8. The lowest BCUT2D eigenvalue weighted by molar-refractivity contribution is -0.140. The molecule has 0 spiro atoms. The number of aryl methyl sites for hydroxylation is 1. The van der Waals surface area contributed by atoms with Crippen molar-refractivity contribution in [3.8, 4) is 0 Å². The zero-order valence-corrected chi connectivity index (χ0v) is 16.7. The van der Waals surface area contributed by atoms with Crippen LogP contribution in [0.4, 0.5) is 19.0 Å². The Hall–Kier alpha value is -3.04. The van der Waals surface area contributed by atoms with Crippen LogP contribution in [0.25, 0.3) is 5.65 Å². The van der Waals surface area contributed by atoms with Crippen LogP contribution in [0.2, 0.25) is 0 Å². The lowest BCUT2D eigenvalue weighted by Crippen LogP contribution is -2.40. The number of hydrogen-bond donors (Lipinski definition) is 2. The Labute approximate surface area is 171 Å². The molecular weight excluding hydrogens is 397 g/mol. The van der Waals surface area contributed by atoms with E-state index in [4.69, 9.17) is 0 Å². The molecule has 3 aromatic heterocycles. The minimum Gasteiger partial charge on any atom is -0.368 e. The molecule has 7 nitrogen and oxygen atoms in total. The first kappa shape index (κ1) is 20.2. The summed E-state index contributed by atoms with van der Waals surface area (Å²) in [6, 6.07) is 5.15. The molecule has 0 atom stereocenters. The topological polar surface area (TPSA) is 76.2 Å². The minimum absolute atomic E-state index is 0.0617. The Morgan fingerprint density at radius 2 is 1.87 bits per heavy atom. The highest BCUT2D eigenvalue weighted by atomic mass is 19.4. The summed E-state index contributed by atoms with van der Waals surface area (Å²) in [5.41, 5.74) is -0.131. The van der Waals surface area contributed by atoms with Gasteiger partial charge < -0.3 is 15.2 Å². The van der Waals surface area contributed by atoms with E-state index in [0.717, 1.165) is 37.7 Å². The summed E-state index contributed by atoms with van der Waals surface area (Å²) in [6.07, 6.45) is 1.27. The lowest BCUT2D eigenvalue weighted by Gasteiger charge is -2.30. The van der Waals surface area contributed by atoms with Crippen LogP contribution < -0.4 is 10.6 Å². The van der Waals surface area contributed by atoms with E-state index >= 15 is 0 Å². The number of alkyl halides is 3. The molecular formula is C20H23F3N6O. The molecule has 0 unspecified atom stereocenters. The van der Waals surface area contributed by atoms with E-state index in [1.54, 1.807) is 36.0 Å². The highest BCUT2D eigenvalue weighted by molar-refractivity contribution is 5.92. The Kier molecular flexibility index (Phi) is 5.17. The number of halogens is 3. The Morgan fingerprint density at radius 3 is 2.50 bits per heavy atom. The summed E-state index contributed by atoms with van der Waals surface area (Å²) in [4.78, 5) is 20.3. The number of carbonyl (C=O) groups excluding carboxylic acids is 1. The van der Waals surface area contributed by atoms with E-state index < -0.39 is 11.9 Å². The maximum Gasteiger partial charge on any atom is 0.434 e. The van der Waals surface area contributed by atoms with E-state index in [0.29, 0.717) is 11.5 Å². The van der Waals surface area contributed by atoms with Crippen molar-refractivity contribution in [1.82, 2.24) is 24.3 Å². The van der Waals surface area contributed by atoms with Gasteiger partial charge in [-0.1, -0.05) is 6.07 Å². The van der Waals surface area contributed by atoms with E-state index in [-0.39, 0.29) is 23.6 Å². The molecule has 1 aliphatic carbocycles. The highest BCUT2D eigenvalue weighted by Gasteiger charge is 2.34. The number of fused-ring (bicyclic) bond motifs is 1. The van der Waals surface area contributed by atoms with Gasteiger partial charge in [-0.15, -0.1) is 0 Å². The minimum atomic E-state index is -4.48. The first-order valence-corrected chi connectivity index (χ1v) is 9.83. The number of pyridine rings is 1. The lowest BCUT2D eigenvalue weighted by atomic mass is 9.91. The third-order valence-corrected chi connectivity index (χ3v) is 5.65. The molecule has 160 valence electrons. The fraction of sp³-hybridized carbons (Fsp3) is 0.450. The average Bonchev–Trinajstić information content (AvgIpc) is 3.28. The molecule has 4 rings (SSSR count). The van der Waals surface area contributed by atoms with Crippen LogP contribution in [0, 0.1) is 6.92 Å². The van der Waals surface area contributed by atoms with Gasteiger partial charge >= 0.3 is 6.18 Å². The zero-order chi connectivity index (χ0) is 21.5. The second kappa shape index (κ2) is 7.66. The molecule has 0 aliphatic heterocycles. The zero-order valence-electron chi connectivity index (χ0n) is 16.7. The summed E-state index contributed by atoms with van der Waals surface area (Å²) < 4.78 is 42.1. The number of amides is 1. The van der Waals surface area contributed by atoms with Crippen molar-refractivity contribution in [3.63, 3.8) is 0 Å². The van der Waals surface area contributed by atoms with Gasteiger partial charge in [-0.25, -0.2) is 9.97 Å². The van der Waals surface area contributed by atoms with Crippen LogP contribution in [-0.4, -0.2) is 36.9 Å². The number of rotatable bonds is 4. The van der Waals surface area contributed by atoms with Crippen LogP contribution in [0.1, 0.15) is 47.7 Å². The number of anilines is 1. The van der Waals surface area contributed by atoms with Crippen LogP contribution >= 0.6 is 0 Å². The summed E-state index contributed by atoms with van der Waals surface area (Å²) in [7, 11) is 1.80. The van der Waals surface area contributed by atoms with E-state index in [9.17, 15) is 18.0 Å². The van der Waals surface area contributed by atoms with Gasteiger partial charge in [-0.2, -0.15) is 13.2 Å². The molecule has 3 heterocycles. The fourth-order valence-corrected chi connectivity index (χ4v) is 3.83. The molecule has 0 radical (unpaired) electrons. The smallest absolute Gasteiger partial charge is 0.368 e. The molecule has 1 fully saturated rings. The molecule has 10 heteroatoms. The van der Waals surface area contributed by atoms with Gasteiger partial charge in [0.2, 0.25) is 0 Å². The van der Waals surface area contributed by atoms with Gasteiger partial charge in [0.25, 0.3) is 5.91 Å². The maximum absolute atomic E-state index is 13.0. The van der Waals surface area contributed by atoms with Gasteiger partial charge in [0.1, 0.15) is 23.0 Å². The predicted molar refractivity (Wildman–Crippen MR) is 105 cm³/mol. The molecule has 2 N–H and O–H groups in total. The van der Waals surface area contributed by atoms with Gasteiger partial charge in [-0.3, -0.25) is 9.20 Å². The monoisotopic (exact) mass is 420 g/mol. The molecule has 1 saturated carbocycles. The quantitative estimate of drug-likeness (QED) is 0.677. The predicted octanol–water partition coefficient (Wildman–Crippen LogP) is 3.55. The van der Waals surface area contributed by atoms with Crippen molar-refractivity contribution in [1.29, 1.82) is 0 Å². The summed E-state index contributed by atoms with van der Waals surface area (Å²) in [6.45, 7) is 1.84. The molecule has 3 aromatic rings. The first-order valence-electron chi connectivity index (χ1n) is 9.83. The number of imidazole rings is 2. The average molecular weight is 420 g/mol. The SMILES string of the molecule is Cc1ncc(C(=O)N[C@H]2CC[C@@H](Nc3cccc4nc(C(F)(F)F)cn34)CC2)n1C. The molecule has 1 amide bonds. The number of carbonyl (C=O) groups is 1. The summed E-state index contributed by atoms with van der Waals surface area (Å²) in [5, 5.41) is 6.39. The fourth-order valence-electron chi connectivity index (χ4n) is 3.83. The van der Waals surface area contributed by atoms with E-state index in [1.807, 2.05) is 6.92 Å². The molecule has 30 heavy (non-hydrogen) atoms. The van der Waals surface area contributed by atoms with Crippen molar-refractivity contribution in [3.05, 3.63) is 47.8 Å². The van der Waals surface area contributed by atoms with Gasteiger partial charge in [0, 0.05) is 25.3 Å². The summed E-state index contributed by atoms with van der Waals surface area (Å²) in [5.74, 6) is 1.21. The second-order valence-electron chi connectivity index (χ2n) is 7.68. The van der Waals surface area contributed by atoms with Crippen LogP contribution in [0.3, 0.4) is 0 Å².